The average Bonchev–Trinajstić information content (AvgIpc) is 2.98. The van der Waals surface area contributed by atoms with Gasteiger partial charge in [0.15, 0.2) is 5.96 Å². The minimum absolute atomic E-state index is 0. The molecule has 1 atom stereocenters. The largest absolute Gasteiger partial charge is 0.370 e. The summed E-state index contributed by atoms with van der Waals surface area (Å²) in [5.41, 5.74) is 5.75. The van der Waals surface area contributed by atoms with Crippen molar-refractivity contribution in [3.05, 3.63) is 0 Å². The Morgan fingerprint density at radius 1 is 1.47 bits per heavy atom. The number of carbonyl (C=O) groups is 1. The zero-order valence-corrected chi connectivity index (χ0v) is 14.3. The van der Waals surface area contributed by atoms with Crippen molar-refractivity contribution in [3.8, 4) is 0 Å². The molecule has 5 nitrogen and oxygen atoms in total. The Labute approximate surface area is 132 Å². The molecule has 0 aromatic carbocycles. The molecule has 1 amide bonds. The van der Waals surface area contributed by atoms with Crippen molar-refractivity contribution >= 4 is 35.8 Å². The molecule has 0 spiro atoms. The van der Waals surface area contributed by atoms with Crippen molar-refractivity contribution in [1.82, 2.24) is 10.2 Å². The summed E-state index contributed by atoms with van der Waals surface area (Å²) in [6.45, 7) is 7.63. The summed E-state index contributed by atoms with van der Waals surface area (Å²) in [6, 6.07) is 0.525. The highest BCUT2D eigenvalue weighted by atomic mass is 127. The highest BCUT2D eigenvalue weighted by molar-refractivity contribution is 14.0. The number of nitrogens with one attached hydrogen (secondary N) is 1. The second-order valence-corrected chi connectivity index (χ2v) is 6.45. The lowest BCUT2D eigenvalue weighted by atomic mass is 10.1. The summed E-state index contributed by atoms with van der Waals surface area (Å²) in [5, 5.41) is 3.13. The van der Waals surface area contributed by atoms with Crippen LogP contribution in [-0.2, 0) is 4.79 Å². The number of hydrogen-bond donors (Lipinski definition) is 2. The average molecular weight is 380 g/mol. The second kappa shape index (κ2) is 6.28. The van der Waals surface area contributed by atoms with Crippen LogP contribution in [0.2, 0.25) is 0 Å². The summed E-state index contributed by atoms with van der Waals surface area (Å²) < 4.78 is 0. The number of amides is 1. The van der Waals surface area contributed by atoms with E-state index >= 15 is 0 Å². The van der Waals surface area contributed by atoms with Crippen molar-refractivity contribution in [1.29, 1.82) is 0 Å². The normalized spacial score (nSPS) is 24.4. The molecule has 1 unspecified atom stereocenters. The monoisotopic (exact) mass is 380 g/mol. The molecule has 1 aliphatic carbocycles. The van der Waals surface area contributed by atoms with Crippen molar-refractivity contribution in [2.24, 2.45) is 16.6 Å². The van der Waals surface area contributed by atoms with E-state index in [1.807, 2.05) is 25.7 Å². The van der Waals surface area contributed by atoms with Crippen LogP contribution in [0.15, 0.2) is 4.99 Å². The summed E-state index contributed by atoms with van der Waals surface area (Å²) in [7, 11) is 0. The van der Waals surface area contributed by atoms with E-state index in [0.29, 0.717) is 36.8 Å². The molecule has 0 aromatic rings. The maximum absolute atomic E-state index is 11.8. The van der Waals surface area contributed by atoms with Gasteiger partial charge in [-0.25, -0.2) is 0 Å². The third-order valence-electron chi connectivity index (χ3n) is 3.25. The van der Waals surface area contributed by atoms with Gasteiger partial charge in [0.25, 0.3) is 0 Å². The van der Waals surface area contributed by atoms with Crippen LogP contribution in [0, 0.1) is 5.92 Å². The van der Waals surface area contributed by atoms with Gasteiger partial charge >= 0.3 is 0 Å². The summed E-state index contributed by atoms with van der Waals surface area (Å²) in [5.74, 6) is 1.10. The number of carbonyl (C=O) groups excluding carboxylic acids is 1. The van der Waals surface area contributed by atoms with Crippen molar-refractivity contribution in [2.45, 2.75) is 51.6 Å². The third kappa shape index (κ3) is 5.16. The first-order valence-electron chi connectivity index (χ1n) is 6.73. The first-order chi connectivity index (χ1) is 8.35. The Kier molecular flexibility index (Phi) is 5.46. The third-order valence-corrected chi connectivity index (χ3v) is 3.25. The maximum Gasteiger partial charge on any atom is 0.223 e. The van der Waals surface area contributed by atoms with Gasteiger partial charge in [-0.3, -0.25) is 9.79 Å². The van der Waals surface area contributed by atoms with Crippen LogP contribution < -0.4 is 11.1 Å². The molecule has 110 valence electrons. The van der Waals surface area contributed by atoms with E-state index in [2.05, 4.69) is 10.3 Å². The number of nitrogens with zero attached hydrogens (tertiary/aromatic N) is 2. The molecule has 1 saturated heterocycles. The highest BCUT2D eigenvalue weighted by Gasteiger charge is 2.39. The molecule has 1 heterocycles. The van der Waals surface area contributed by atoms with Crippen LogP contribution in [0.5, 0.6) is 0 Å². The zero-order valence-electron chi connectivity index (χ0n) is 12.0. The van der Waals surface area contributed by atoms with Crippen molar-refractivity contribution in [2.75, 3.05) is 13.1 Å². The number of nitrogens with two attached hydrogens (primary N) is 1. The molecule has 1 saturated carbocycles. The Balaban J connectivity index is 0.00000180. The number of likely N-dealkylation sites (tertiary alicyclic amines) is 1. The van der Waals surface area contributed by atoms with Crippen LogP contribution in [0.3, 0.4) is 0 Å². The predicted octanol–water partition coefficient (Wildman–Crippen LogP) is 1.32. The van der Waals surface area contributed by atoms with E-state index in [4.69, 9.17) is 5.73 Å². The summed E-state index contributed by atoms with van der Waals surface area (Å²) in [4.78, 5) is 18.1. The van der Waals surface area contributed by atoms with Gasteiger partial charge in [0, 0.05) is 37.0 Å². The Morgan fingerprint density at radius 2 is 2.11 bits per heavy atom. The van der Waals surface area contributed by atoms with Gasteiger partial charge in [-0.1, -0.05) is 0 Å². The second-order valence-electron chi connectivity index (χ2n) is 6.45. The number of guanidine groups is 1. The molecule has 3 N–H and O–H groups in total. The van der Waals surface area contributed by atoms with E-state index in [1.54, 1.807) is 0 Å². The first-order valence-corrected chi connectivity index (χ1v) is 6.73. The van der Waals surface area contributed by atoms with Crippen molar-refractivity contribution in [3.63, 3.8) is 0 Å². The van der Waals surface area contributed by atoms with E-state index in [1.165, 1.54) is 12.8 Å². The Hall–Kier alpha value is -0.530. The van der Waals surface area contributed by atoms with Gasteiger partial charge in [0.1, 0.15) is 0 Å². The van der Waals surface area contributed by atoms with Crippen molar-refractivity contribution < 1.29 is 4.79 Å². The van der Waals surface area contributed by atoms with Gasteiger partial charge in [-0.15, -0.1) is 24.0 Å². The van der Waals surface area contributed by atoms with Crippen LogP contribution in [0.25, 0.3) is 0 Å². The predicted molar refractivity (Wildman–Crippen MR) is 87.6 cm³/mol. The molecule has 0 bridgehead atoms. The van der Waals surface area contributed by atoms with Crippen LogP contribution in [0.1, 0.15) is 40.0 Å². The molecule has 0 aromatic heterocycles. The zero-order chi connectivity index (χ0) is 13.3. The molecule has 2 aliphatic rings. The molecule has 19 heavy (non-hydrogen) atoms. The number of rotatable bonds is 3. The lowest BCUT2D eigenvalue weighted by Gasteiger charge is -2.21. The summed E-state index contributed by atoms with van der Waals surface area (Å²) in [6.07, 6.45) is 2.98. The first kappa shape index (κ1) is 16.5. The minimum atomic E-state index is -0.0703. The Morgan fingerprint density at radius 3 is 2.63 bits per heavy atom. The molecule has 0 radical (unpaired) electrons. The highest BCUT2D eigenvalue weighted by Crippen LogP contribution is 2.32. The Bertz CT molecular complexity index is 360. The fraction of sp³-hybridized carbons (Fsp3) is 0.846. The van der Waals surface area contributed by atoms with Crippen LogP contribution in [-0.4, -0.2) is 41.4 Å². The van der Waals surface area contributed by atoms with Gasteiger partial charge < -0.3 is 16.0 Å². The van der Waals surface area contributed by atoms with Gasteiger partial charge in [0.2, 0.25) is 5.91 Å². The molecule has 1 aliphatic heterocycles. The topological polar surface area (TPSA) is 70.7 Å². The smallest absolute Gasteiger partial charge is 0.223 e. The molecular weight excluding hydrogens is 355 g/mol. The lowest BCUT2D eigenvalue weighted by Crippen LogP contribution is -2.45. The fourth-order valence-corrected chi connectivity index (χ4v) is 2.32. The van der Waals surface area contributed by atoms with Gasteiger partial charge in [-0.05, 0) is 33.6 Å². The lowest BCUT2D eigenvalue weighted by molar-refractivity contribution is -0.128. The minimum Gasteiger partial charge on any atom is -0.370 e. The van der Waals surface area contributed by atoms with Gasteiger partial charge in [-0.2, -0.15) is 0 Å². The number of halogens is 1. The maximum atomic E-state index is 11.8. The quantitative estimate of drug-likeness (QED) is 0.441. The number of aliphatic imine (C=N–C) groups is 1. The standard InChI is InChI=1S/C13H24N4O.HI/c1-13(2,3)16-12(14)15-7-9-6-11(18)17(8-9)10-4-5-10;/h9-10H,4-8H2,1-3H3,(H3,14,15,16);1H. The van der Waals surface area contributed by atoms with E-state index in [-0.39, 0.29) is 29.5 Å². The summed E-state index contributed by atoms with van der Waals surface area (Å²) >= 11 is 0. The van der Waals surface area contributed by atoms with E-state index < -0.39 is 0 Å². The molecule has 6 heteroatoms. The molecular formula is C13H25IN4O. The number of hydrogen-bond acceptors (Lipinski definition) is 2. The SMILES string of the molecule is CC(C)(C)NC(N)=NCC1CC(=O)N(C2CC2)C1.I. The van der Waals surface area contributed by atoms with E-state index in [9.17, 15) is 4.79 Å². The molecule has 2 fully saturated rings. The molecule has 2 rings (SSSR count). The van der Waals surface area contributed by atoms with Crippen LogP contribution in [0.4, 0.5) is 0 Å². The van der Waals surface area contributed by atoms with E-state index in [0.717, 1.165) is 6.54 Å². The van der Waals surface area contributed by atoms with Crippen LogP contribution >= 0.6 is 24.0 Å². The van der Waals surface area contributed by atoms with Gasteiger partial charge in [0.05, 0.1) is 0 Å². The fourth-order valence-electron chi connectivity index (χ4n) is 2.32.